The predicted octanol–water partition coefficient (Wildman–Crippen LogP) is -3.82. The maximum Gasteiger partial charge on any atom is 0.362 e. The minimum Gasteiger partial charge on any atom is -0.479 e. The zero-order valence-corrected chi connectivity index (χ0v) is 22.4. The van der Waals surface area contributed by atoms with Crippen LogP contribution in [0, 0.1) is 0 Å². The molecule has 2 aliphatic rings. The van der Waals surface area contributed by atoms with Gasteiger partial charge in [0, 0.05) is 5.38 Å². The second-order valence-electron chi connectivity index (χ2n) is 9.06. The Balaban J connectivity index is 1.78. The highest BCUT2D eigenvalue weighted by Crippen LogP contribution is 2.26. The number of nitrogens with one attached hydrogen (secondary N) is 1. The number of anilines is 1. The van der Waals surface area contributed by atoms with Crippen molar-refractivity contribution in [2.24, 2.45) is 5.16 Å². The number of nitrogen functional groups attached to an aromatic ring is 1. The second-order valence-corrected chi connectivity index (χ2v) is 11.2. The first-order valence-corrected chi connectivity index (χ1v) is 13.4. The summed E-state index contributed by atoms with van der Waals surface area (Å²) in [5.74, 6) is -5.28. The number of carboxylic acids is 1. The summed E-state index contributed by atoms with van der Waals surface area (Å²) in [6, 6.07) is -2.55. The molecular formula is C19H25N5O14S2. The van der Waals surface area contributed by atoms with Gasteiger partial charge in [-0.25, -0.2) is 18.9 Å². The lowest BCUT2D eigenvalue weighted by atomic mass is 9.99. The van der Waals surface area contributed by atoms with Crippen molar-refractivity contribution in [3.63, 3.8) is 0 Å². The van der Waals surface area contributed by atoms with E-state index in [2.05, 4.69) is 15.5 Å². The van der Waals surface area contributed by atoms with Crippen LogP contribution in [0.3, 0.4) is 0 Å². The number of aliphatic hydroxyl groups excluding tert-OH is 3. The number of nitrogens with zero attached hydrogens (tertiary/aromatic N) is 3. The first kappa shape index (κ1) is 31.1. The summed E-state index contributed by atoms with van der Waals surface area (Å²) in [6.07, 6.45) is -10.2. The molecule has 19 nitrogen and oxygen atoms in total. The largest absolute Gasteiger partial charge is 0.479 e. The minimum atomic E-state index is -4.86. The van der Waals surface area contributed by atoms with Gasteiger partial charge in [0.2, 0.25) is 11.9 Å². The topological polar surface area (TPSA) is 298 Å². The Morgan fingerprint density at radius 3 is 2.35 bits per heavy atom. The van der Waals surface area contributed by atoms with E-state index in [-0.39, 0.29) is 15.1 Å². The highest BCUT2D eigenvalue weighted by molar-refractivity contribution is 7.84. The molecule has 0 aromatic carbocycles. The molecule has 2 aliphatic heterocycles. The molecule has 21 heteroatoms. The molecule has 0 spiro atoms. The van der Waals surface area contributed by atoms with Gasteiger partial charge >= 0.3 is 22.2 Å². The van der Waals surface area contributed by atoms with Crippen molar-refractivity contribution in [3.8, 4) is 0 Å². The van der Waals surface area contributed by atoms with Gasteiger partial charge < -0.3 is 45.8 Å². The van der Waals surface area contributed by atoms with Gasteiger partial charge in [0.25, 0.3) is 11.8 Å². The van der Waals surface area contributed by atoms with Crippen LogP contribution in [0.25, 0.3) is 0 Å². The number of hydrogen-bond acceptors (Lipinski definition) is 16. The molecule has 3 rings (SSSR count). The van der Waals surface area contributed by atoms with Crippen molar-refractivity contribution in [1.29, 1.82) is 0 Å². The normalized spacial score (nSPS) is 29.4. The molecule has 222 valence electrons. The van der Waals surface area contributed by atoms with Crippen LogP contribution in [0.5, 0.6) is 0 Å². The molecule has 1 aromatic heterocycles. The summed E-state index contributed by atoms with van der Waals surface area (Å²) < 4.78 is 41.7. The fraction of sp³-hybridized carbons (Fsp3) is 0.579. The van der Waals surface area contributed by atoms with Crippen LogP contribution in [0.1, 0.15) is 26.5 Å². The Morgan fingerprint density at radius 2 is 1.85 bits per heavy atom. The third-order valence-corrected chi connectivity index (χ3v) is 7.43. The number of nitrogens with two attached hydrogens (primary N) is 1. The van der Waals surface area contributed by atoms with Gasteiger partial charge in [-0.3, -0.25) is 14.1 Å². The van der Waals surface area contributed by atoms with Gasteiger partial charge in [0.05, 0.1) is 6.04 Å². The van der Waals surface area contributed by atoms with Crippen LogP contribution >= 0.6 is 11.3 Å². The number of carbonyl (C=O) groups is 4. The summed E-state index contributed by atoms with van der Waals surface area (Å²) in [6.45, 7) is 3.43. The molecule has 0 aliphatic carbocycles. The second kappa shape index (κ2) is 11.2. The van der Waals surface area contributed by atoms with Crippen molar-refractivity contribution in [1.82, 2.24) is 14.6 Å². The van der Waals surface area contributed by atoms with Gasteiger partial charge in [0.1, 0.15) is 30.0 Å². The van der Waals surface area contributed by atoms with Crippen molar-refractivity contribution >= 4 is 56.2 Å². The number of thiazole rings is 1. The van der Waals surface area contributed by atoms with Crippen molar-refractivity contribution in [3.05, 3.63) is 11.1 Å². The van der Waals surface area contributed by atoms with E-state index in [0.717, 1.165) is 25.2 Å². The number of carbonyl (C=O) groups excluding carboxylic acids is 3. The van der Waals surface area contributed by atoms with Gasteiger partial charge in [-0.1, -0.05) is 5.16 Å². The van der Waals surface area contributed by atoms with Crippen LogP contribution in [-0.2, 0) is 43.8 Å². The smallest absolute Gasteiger partial charge is 0.362 e. The van der Waals surface area contributed by atoms with Crippen LogP contribution in [0.4, 0.5) is 5.13 Å². The number of aliphatic hydroxyl groups is 3. The van der Waals surface area contributed by atoms with Crippen molar-refractivity contribution < 1.29 is 66.9 Å². The Labute approximate surface area is 229 Å². The Bertz CT molecular complexity index is 1330. The minimum absolute atomic E-state index is 0.00280. The molecule has 8 N–H and O–H groups in total. The monoisotopic (exact) mass is 611 g/mol. The maximum absolute atomic E-state index is 13.0. The number of hydrogen-bond donors (Lipinski definition) is 7. The van der Waals surface area contributed by atoms with Crippen LogP contribution in [0.15, 0.2) is 10.5 Å². The molecule has 5 unspecified atom stereocenters. The third kappa shape index (κ3) is 6.14. The van der Waals surface area contributed by atoms with Crippen LogP contribution in [-0.4, -0.2) is 121 Å². The van der Waals surface area contributed by atoms with E-state index in [1.807, 2.05) is 0 Å². The lowest BCUT2D eigenvalue weighted by molar-refractivity contribution is -0.290. The van der Waals surface area contributed by atoms with Gasteiger partial charge in [-0.15, -0.1) is 11.3 Å². The Hall–Kier alpha value is -3.47. The maximum atomic E-state index is 13.0. The van der Waals surface area contributed by atoms with E-state index in [0.29, 0.717) is 0 Å². The van der Waals surface area contributed by atoms with Gasteiger partial charge in [0.15, 0.2) is 16.9 Å². The average Bonchev–Trinajstić information content (AvgIpc) is 3.27. The van der Waals surface area contributed by atoms with E-state index in [9.17, 15) is 42.9 Å². The highest BCUT2D eigenvalue weighted by atomic mass is 32.2. The number of rotatable bonds is 9. The molecule has 1 aromatic rings. The van der Waals surface area contributed by atoms with Crippen LogP contribution < -0.4 is 11.1 Å². The molecule has 3 heterocycles. The molecule has 7 atom stereocenters. The lowest BCUT2D eigenvalue weighted by Gasteiger charge is -2.42. The summed E-state index contributed by atoms with van der Waals surface area (Å²) in [4.78, 5) is 58.2. The molecule has 0 saturated carbocycles. The van der Waals surface area contributed by atoms with E-state index in [1.165, 1.54) is 12.3 Å². The molecular weight excluding hydrogens is 586 g/mol. The molecule has 0 radical (unpaired) electrons. The van der Waals surface area contributed by atoms with Crippen molar-refractivity contribution in [2.45, 2.75) is 69.2 Å². The van der Waals surface area contributed by atoms with Crippen LogP contribution in [0.2, 0.25) is 0 Å². The number of ether oxygens (including phenoxy) is 2. The number of esters is 1. The Morgan fingerprint density at radius 1 is 1.23 bits per heavy atom. The molecule has 2 amide bonds. The summed E-state index contributed by atoms with van der Waals surface area (Å²) in [5.41, 5.74) is 2.75. The fourth-order valence-electron chi connectivity index (χ4n) is 3.51. The SMILES string of the molecule is C[C@H]1[C@H](NC(=O)/C(=N\OC(C)(C)C(=O)OC2OC(C(=O)O)C(O)C(O)C2O)c2csc(N)n2)C(=O)N1S(=O)(=O)O. The first-order chi connectivity index (χ1) is 18.4. The molecule has 0 bridgehead atoms. The molecule has 40 heavy (non-hydrogen) atoms. The highest BCUT2D eigenvalue weighted by Gasteiger charge is 2.52. The van der Waals surface area contributed by atoms with E-state index < -0.39 is 88.2 Å². The number of aliphatic carboxylic acids is 1. The van der Waals surface area contributed by atoms with Gasteiger partial charge in [-0.05, 0) is 20.8 Å². The zero-order chi connectivity index (χ0) is 30.3. The van der Waals surface area contributed by atoms with E-state index >= 15 is 0 Å². The summed E-state index contributed by atoms with van der Waals surface area (Å²) >= 11 is 0.894. The predicted molar refractivity (Wildman–Crippen MR) is 128 cm³/mol. The van der Waals surface area contributed by atoms with Crippen molar-refractivity contribution in [2.75, 3.05) is 5.73 Å². The third-order valence-electron chi connectivity index (χ3n) is 5.74. The zero-order valence-electron chi connectivity index (χ0n) is 20.8. The fourth-order valence-corrected chi connectivity index (χ4v) is 4.94. The summed E-state index contributed by atoms with van der Waals surface area (Å²) in [5, 5.41) is 45.9. The van der Waals surface area contributed by atoms with Gasteiger partial charge in [-0.2, -0.15) is 8.42 Å². The summed E-state index contributed by atoms with van der Waals surface area (Å²) in [7, 11) is -4.86. The number of aromatic nitrogens is 1. The first-order valence-electron chi connectivity index (χ1n) is 11.1. The number of β-lactam (4-membered cyclic amide) rings is 1. The quantitative estimate of drug-likeness (QED) is 0.0462. The van der Waals surface area contributed by atoms with E-state index in [4.69, 9.17) is 29.7 Å². The number of amides is 2. The Kier molecular flexibility index (Phi) is 8.69. The average molecular weight is 612 g/mol. The van der Waals surface area contributed by atoms with E-state index in [1.54, 1.807) is 0 Å². The number of oxime groups is 1. The standard InChI is InChI=1S/C19H25N5O14S2/c1-5-7(14(29)24(5)40(33,34)35)22-13(28)8(6-4-39-18(20)21-6)23-38-19(2,3)17(32)37-16-11(27)9(25)10(26)12(36-16)15(30)31/h4-5,7,9-12,16,25-27H,1-3H3,(H2,20,21)(H,22,28)(H,30,31)(H,33,34,35)/b23-8-/t5-,7-,9?,10?,11?,12?,16?/m0/s1. The molecule has 2 saturated heterocycles. The lowest BCUT2D eigenvalue weighted by Crippen LogP contribution is -2.71. The number of carboxylic acid groups (broad SMARTS) is 1. The molecule has 2 fully saturated rings.